The van der Waals surface area contributed by atoms with Crippen molar-refractivity contribution in [2.45, 2.75) is 0 Å². The van der Waals surface area contributed by atoms with Crippen LogP contribution in [0, 0.1) is 0 Å². The van der Waals surface area contributed by atoms with E-state index < -0.39 is 13.7 Å². The number of nitrogens with two attached hydrogens (primary N) is 1. The van der Waals surface area contributed by atoms with Crippen molar-refractivity contribution >= 4 is 24.6 Å². The Kier molecular flexibility index (Phi) is 4.03. The predicted molar refractivity (Wildman–Crippen MR) is 61.1 cm³/mol. The molecular weight excluding hydrogens is 247 g/mol. The number of benzene rings is 1. The summed E-state index contributed by atoms with van der Waals surface area (Å²) in [6, 6.07) is 7.28. The molecule has 0 atom stereocenters. The van der Waals surface area contributed by atoms with Gasteiger partial charge in [0.05, 0.1) is 0 Å². The summed E-state index contributed by atoms with van der Waals surface area (Å²) in [5, 5.41) is 1.08. The molecule has 0 saturated carbocycles. The smallest absolute Gasteiger partial charge is 0.366 e. The number of aromatic nitrogens is 1. The van der Waals surface area contributed by atoms with Crippen molar-refractivity contribution in [1.29, 1.82) is 0 Å². The zero-order valence-corrected chi connectivity index (χ0v) is 9.46. The van der Waals surface area contributed by atoms with Gasteiger partial charge in [-0.2, -0.15) is 0 Å². The number of carbonyl (C=O) groups excluding carboxylic acids is 1. The minimum Gasteiger partial charge on any atom is -0.366 e. The third kappa shape index (κ3) is 4.80. The number of hydrogen-bond acceptors (Lipinski definition) is 2. The number of hydrogen-bond donors (Lipinski definition) is 5. The number of carbonyl (C=O) groups is 1. The molecule has 2 aromatic rings. The van der Waals surface area contributed by atoms with Gasteiger partial charge >= 0.3 is 7.82 Å². The molecule has 8 heteroatoms. The Bertz CT molecular complexity index is 565. The Morgan fingerprint density at radius 3 is 2.35 bits per heavy atom. The first-order valence-electron chi connectivity index (χ1n) is 4.42. The van der Waals surface area contributed by atoms with Crippen LogP contribution >= 0.6 is 7.82 Å². The van der Waals surface area contributed by atoms with Crippen LogP contribution in [0.5, 0.6) is 0 Å². The lowest BCUT2D eigenvalue weighted by molar-refractivity contribution is 0.100. The maximum absolute atomic E-state index is 10.8. The van der Waals surface area contributed by atoms with Crippen molar-refractivity contribution in [3.63, 3.8) is 0 Å². The largest absolute Gasteiger partial charge is 0.466 e. The second kappa shape index (κ2) is 5.11. The number of rotatable bonds is 1. The highest BCUT2D eigenvalue weighted by Gasteiger charge is 2.01. The fourth-order valence-corrected chi connectivity index (χ4v) is 1.20. The number of fused-ring (bicyclic) bond motifs is 1. The molecule has 1 aromatic carbocycles. The summed E-state index contributed by atoms with van der Waals surface area (Å²) in [5.74, 6) is -0.397. The van der Waals surface area contributed by atoms with Crippen LogP contribution in [0.25, 0.3) is 10.9 Å². The average Bonchev–Trinajstić information content (AvgIpc) is 2.60. The first-order chi connectivity index (χ1) is 7.77. The lowest BCUT2D eigenvalue weighted by Crippen LogP contribution is -2.10. The molecule has 17 heavy (non-hydrogen) atoms. The van der Waals surface area contributed by atoms with Crippen molar-refractivity contribution in [2.75, 3.05) is 0 Å². The average molecular weight is 258 g/mol. The Morgan fingerprint density at radius 1 is 1.24 bits per heavy atom. The van der Waals surface area contributed by atoms with Crippen LogP contribution in [0.2, 0.25) is 0 Å². The summed E-state index contributed by atoms with van der Waals surface area (Å²) < 4.78 is 8.88. The van der Waals surface area contributed by atoms with Gasteiger partial charge in [0.1, 0.15) is 0 Å². The van der Waals surface area contributed by atoms with Gasteiger partial charge in [-0.25, -0.2) is 4.57 Å². The number of nitrogens with one attached hydrogen (secondary N) is 1. The Labute approximate surface area is 96.1 Å². The maximum atomic E-state index is 10.8. The zero-order chi connectivity index (χ0) is 13.1. The minimum absolute atomic E-state index is 0.397. The van der Waals surface area contributed by atoms with Crippen LogP contribution < -0.4 is 5.73 Å². The molecule has 0 saturated heterocycles. The lowest BCUT2D eigenvalue weighted by atomic mass is 10.1. The molecule has 0 fully saturated rings. The molecule has 0 unspecified atom stereocenters. The molecule has 1 heterocycles. The van der Waals surface area contributed by atoms with E-state index in [4.69, 9.17) is 25.0 Å². The maximum Gasteiger partial charge on any atom is 0.466 e. The van der Waals surface area contributed by atoms with E-state index in [0.717, 1.165) is 10.9 Å². The minimum atomic E-state index is -4.64. The number of primary amides is 1. The van der Waals surface area contributed by atoms with Gasteiger partial charge in [-0.05, 0) is 23.6 Å². The van der Waals surface area contributed by atoms with Gasteiger partial charge in [-0.15, -0.1) is 0 Å². The monoisotopic (exact) mass is 258 g/mol. The van der Waals surface area contributed by atoms with Crippen molar-refractivity contribution in [1.82, 2.24) is 4.98 Å². The molecule has 1 aromatic heterocycles. The fraction of sp³-hybridized carbons (Fsp3) is 0. The van der Waals surface area contributed by atoms with Crippen LogP contribution in [0.1, 0.15) is 10.4 Å². The summed E-state index contributed by atoms with van der Waals surface area (Å²) in [6.07, 6.45) is 1.83. The highest BCUT2D eigenvalue weighted by Crippen LogP contribution is 2.25. The molecule has 0 bridgehead atoms. The van der Waals surface area contributed by atoms with E-state index in [0.29, 0.717) is 5.56 Å². The van der Waals surface area contributed by atoms with Crippen LogP contribution in [-0.4, -0.2) is 25.6 Å². The van der Waals surface area contributed by atoms with Gasteiger partial charge in [0.2, 0.25) is 5.91 Å². The molecule has 7 nitrogen and oxygen atoms in total. The Hall–Kier alpha value is -1.66. The van der Waals surface area contributed by atoms with E-state index in [1.807, 2.05) is 18.3 Å². The summed E-state index contributed by atoms with van der Waals surface area (Å²) >= 11 is 0. The fourth-order valence-electron chi connectivity index (χ4n) is 1.20. The summed E-state index contributed by atoms with van der Waals surface area (Å²) in [7, 11) is -4.64. The molecular formula is C9H11N2O5P. The quantitative estimate of drug-likeness (QED) is 0.469. The van der Waals surface area contributed by atoms with Crippen LogP contribution in [0.3, 0.4) is 0 Å². The molecule has 0 aliphatic carbocycles. The second-order valence-electron chi connectivity index (χ2n) is 3.16. The van der Waals surface area contributed by atoms with E-state index in [1.165, 1.54) is 0 Å². The number of H-pyrrole nitrogens is 1. The van der Waals surface area contributed by atoms with Crippen LogP contribution in [0.4, 0.5) is 0 Å². The van der Waals surface area contributed by atoms with Crippen molar-refractivity contribution in [2.24, 2.45) is 5.73 Å². The molecule has 0 aliphatic rings. The third-order valence-corrected chi connectivity index (χ3v) is 1.84. The highest BCUT2D eigenvalue weighted by atomic mass is 31.2. The highest BCUT2D eigenvalue weighted by molar-refractivity contribution is 7.45. The van der Waals surface area contributed by atoms with Gasteiger partial charge in [0.15, 0.2) is 0 Å². The van der Waals surface area contributed by atoms with Crippen LogP contribution in [0.15, 0.2) is 30.5 Å². The Balaban J connectivity index is 0.000000249. The van der Waals surface area contributed by atoms with Gasteiger partial charge in [0.25, 0.3) is 0 Å². The second-order valence-corrected chi connectivity index (χ2v) is 4.18. The van der Waals surface area contributed by atoms with Crippen molar-refractivity contribution in [3.8, 4) is 0 Å². The molecule has 0 radical (unpaired) electrons. The normalized spacial score (nSPS) is 10.8. The van der Waals surface area contributed by atoms with Gasteiger partial charge in [-0.3, -0.25) is 4.79 Å². The topological polar surface area (TPSA) is 137 Å². The van der Waals surface area contributed by atoms with E-state index in [9.17, 15) is 4.79 Å². The summed E-state index contributed by atoms with van der Waals surface area (Å²) in [6.45, 7) is 0. The zero-order valence-electron chi connectivity index (χ0n) is 8.57. The first kappa shape index (κ1) is 13.4. The van der Waals surface area contributed by atoms with E-state index in [-0.39, 0.29) is 0 Å². The molecule has 1 amide bonds. The van der Waals surface area contributed by atoms with E-state index in [1.54, 1.807) is 12.1 Å². The predicted octanol–water partition coefficient (Wildman–Crippen LogP) is 0.338. The van der Waals surface area contributed by atoms with Crippen molar-refractivity contribution in [3.05, 3.63) is 36.0 Å². The number of phosphoric acid groups is 1. The number of amides is 1. The summed E-state index contributed by atoms with van der Waals surface area (Å²) in [5.41, 5.74) is 6.59. The first-order valence-corrected chi connectivity index (χ1v) is 5.99. The molecule has 92 valence electrons. The molecule has 6 N–H and O–H groups in total. The standard InChI is InChI=1S/C9H8N2O.H3O4P/c10-9(12)7-2-1-6-3-4-11-8(6)5-7;1-5(2,3)4/h1-5,11H,(H2,10,12);(H3,1,2,3,4). The van der Waals surface area contributed by atoms with Crippen molar-refractivity contribution < 1.29 is 24.0 Å². The number of aromatic amines is 1. The SMILES string of the molecule is NC(=O)c1ccc2cc[nH]c2c1.O=P(O)(O)O. The van der Waals surface area contributed by atoms with E-state index in [2.05, 4.69) is 4.98 Å². The van der Waals surface area contributed by atoms with Gasteiger partial charge < -0.3 is 25.4 Å². The van der Waals surface area contributed by atoms with E-state index >= 15 is 0 Å². The Morgan fingerprint density at radius 2 is 1.82 bits per heavy atom. The molecule has 2 rings (SSSR count). The van der Waals surface area contributed by atoms with Gasteiger partial charge in [0, 0.05) is 17.3 Å². The molecule has 0 aliphatic heterocycles. The summed E-state index contributed by atoms with van der Waals surface area (Å²) in [4.78, 5) is 35.3. The lowest BCUT2D eigenvalue weighted by Gasteiger charge is -1.94. The third-order valence-electron chi connectivity index (χ3n) is 1.84. The molecule has 0 spiro atoms. The van der Waals surface area contributed by atoms with Crippen LogP contribution in [-0.2, 0) is 4.57 Å². The van der Waals surface area contributed by atoms with Gasteiger partial charge in [-0.1, -0.05) is 6.07 Å².